The molecular formula is C97H67Cl6F4N27O6S6. The number of alkyl halides is 3. The molecule has 33 nitrogen and oxygen atoms in total. The normalized spacial score (nSPS) is 11.4. The highest BCUT2D eigenvalue weighted by Gasteiger charge is 2.36. The second-order valence-electron chi connectivity index (χ2n) is 32.7. The Morgan fingerprint density at radius 1 is 0.288 bits per heavy atom. The second-order valence-corrected chi connectivity index (χ2v) is 41.5. The number of rotatable bonds is 13. The van der Waals surface area contributed by atoms with Crippen molar-refractivity contribution in [3.63, 3.8) is 0 Å². The summed E-state index contributed by atoms with van der Waals surface area (Å²) in [6, 6.07) is 51.7. The van der Waals surface area contributed by atoms with Crippen LogP contribution in [0.25, 0.3) is 128 Å². The Morgan fingerprint density at radius 3 is 0.884 bits per heavy atom. The number of aromatic amines is 6. The lowest BCUT2D eigenvalue weighted by Crippen LogP contribution is -2.12. The molecule has 146 heavy (non-hydrogen) atoms. The molecule has 0 aliphatic rings. The number of hydrogen-bond acceptors (Lipinski definition) is 27. The number of H-pyrrole nitrogens is 6. The topological polar surface area (TPSA) is 463 Å². The van der Waals surface area contributed by atoms with Gasteiger partial charge in [-0.15, -0.1) is 0 Å². The summed E-state index contributed by atoms with van der Waals surface area (Å²) >= 11 is 44.5. The van der Waals surface area contributed by atoms with Crippen LogP contribution in [-0.4, -0.2) is 141 Å². The maximum atomic E-state index is 13.9. The summed E-state index contributed by atoms with van der Waals surface area (Å²) in [5.74, 6) is -2.30. The highest BCUT2D eigenvalue weighted by Crippen LogP contribution is 2.39. The number of amides is 6. The van der Waals surface area contributed by atoms with E-state index in [2.05, 4.69) is 150 Å². The van der Waals surface area contributed by atoms with Crippen LogP contribution in [0.2, 0.25) is 30.1 Å². The van der Waals surface area contributed by atoms with E-state index in [0.717, 1.165) is 114 Å². The average molecular weight is 2190 g/mol. The van der Waals surface area contributed by atoms with Crippen molar-refractivity contribution < 1.29 is 46.3 Å². The molecule has 0 saturated heterocycles. The maximum absolute atomic E-state index is 13.9. The number of halogens is 10. The van der Waals surface area contributed by atoms with Crippen LogP contribution in [0.4, 0.5) is 48.4 Å². The van der Waals surface area contributed by atoms with Crippen LogP contribution in [0, 0.1) is 54.3 Å². The Morgan fingerprint density at radius 2 is 0.562 bits per heavy atom. The van der Waals surface area contributed by atoms with Gasteiger partial charge in [0.25, 0.3) is 35.4 Å². The Kier molecular flexibility index (Phi) is 28.3. The highest BCUT2D eigenvalue weighted by atomic mass is 35.5. The Balaban J connectivity index is 0.000000111. The molecule has 0 spiro atoms. The van der Waals surface area contributed by atoms with Crippen molar-refractivity contribution in [1.29, 1.82) is 0 Å². The van der Waals surface area contributed by atoms with Crippen molar-refractivity contribution in [2.75, 3.05) is 31.9 Å². The molecule has 6 amide bonds. The number of thiazole rings is 6. The van der Waals surface area contributed by atoms with E-state index in [1.165, 1.54) is 92.3 Å². The number of aryl methyl sites for hydroxylation is 8. The lowest BCUT2D eigenvalue weighted by molar-refractivity contribution is -0.144. The molecule has 0 aliphatic carbocycles. The summed E-state index contributed by atoms with van der Waals surface area (Å²) in [7, 11) is 0. The van der Waals surface area contributed by atoms with Crippen molar-refractivity contribution in [3.8, 4) is 0 Å². The fourth-order valence-electron chi connectivity index (χ4n) is 15.1. The van der Waals surface area contributed by atoms with E-state index in [4.69, 9.17) is 69.6 Å². The van der Waals surface area contributed by atoms with Crippen molar-refractivity contribution in [3.05, 3.63) is 296 Å². The summed E-state index contributed by atoms with van der Waals surface area (Å²) in [5.41, 5.74) is 18.2. The zero-order valence-corrected chi connectivity index (χ0v) is 85.8. The van der Waals surface area contributed by atoms with E-state index >= 15 is 0 Å². The summed E-state index contributed by atoms with van der Waals surface area (Å²) in [4.78, 5) is 123. The van der Waals surface area contributed by atoms with E-state index < -0.39 is 29.6 Å². The van der Waals surface area contributed by atoms with Crippen molar-refractivity contribution in [1.82, 2.24) is 106 Å². The molecule has 0 bridgehead atoms. The first-order chi connectivity index (χ1) is 69.9. The molecule has 24 rings (SSSR count). The smallest absolute Gasteiger partial charge is 0.342 e. The molecule has 49 heteroatoms. The number of imidazole rings is 3. The van der Waals surface area contributed by atoms with Gasteiger partial charge in [-0.1, -0.05) is 175 Å². The minimum atomic E-state index is -4.66. The second kappa shape index (κ2) is 41.5. The van der Waals surface area contributed by atoms with Gasteiger partial charge >= 0.3 is 6.18 Å². The van der Waals surface area contributed by atoms with E-state index in [9.17, 15) is 46.3 Å². The molecule has 12 aromatic carbocycles. The van der Waals surface area contributed by atoms with Crippen LogP contribution in [0.5, 0.6) is 0 Å². The zero-order valence-electron chi connectivity index (χ0n) is 76.3. The van der Waals surface area contributed by atoms with Crippen molar-refractivity contribution in [2.24, 2.45) is 0 Å². The van der Waals surface area contributed by atoms with Gasteiger partial charge in [0.15, 0.2) is 36.6 Å². The first-order valence-corrected chi connectivity index (χ1v) is 50.5. The molecule has 0 radical (unpaired) electrons. The number of nitrogens with one attached hydrogen (secondary N) is 12. The van der Waals surface area contributed by atoms with Crippen LogP contribution in [0.15, 0.2) is 176 Å². The van der Waals surface area contributed by atoms with Crippen LogP contribution in [0.3, 0.4) is 0 Å². The maximum Gasteiger partial charge on any atom is 0.449 e. The third-order valence-corrected chi connectivity index (χ3v) is 28.6. The van der Waals surface area contributed by atoms with Gasteiger partial charge in [0.1, 0.15) is 66.8 Å². The minimum absolute atomic E-state index is 0.0277. The van der Waals surface area contributed by atoms with E-state index in [-0.39, 0.29) is 56.3 Å². The summed E-state index contributed by atoms with van der Waals surface area (Å²) < 4.78 is 58.4. The summed E-state index contributed by atoms with van der Waals surface area (Å²) in [5, 5.41) is 53.0. The van der Waals surface area contributed by atoms with Crippen LogP contribution in [-0.2, 0) is 12.6 Å². The predicted molar refractivity (Wildman–Crippen MR) is 573 cm³/mol. The van der Waals surface area contributed by atoms with Crippen LogP contribution >= 0.6 is 138 Å². The van der Waals surface area contributed by atoms with Gasteiger partial charge in [0, 0.05) is 36.6 Å². The molecule has 24 aromatic rings. The van der Waals surface area contributed by atoms with Gasteiger partial charge in [0.05, 0.1) is 106 Å². The molecule has 0 fully saturated rings. The largest absolute Gasteiger partial charge is 0.449 e. The first kappa shape index (κ1) is 99.6. The number of benzene rings is 12. The van der Waals surface area contributed by atoms with E-state index in [1.807, 2.05) is 133 Å². The number of fused-ring (bicyclic) bond motifs is 12. The van der Waals surface area contributed by atoms with E-state index in [0.29, 0.717) is 127 Å². The average Bonchev–Trinajstić information content (AvgIpc) is 1.63. The Hall–Kier alpha value is -15.1. The van der Waals surface area contributed by atoms with Gasteiger partial charge < -0.3 is 15.0 Å². The van der Waals surface area contributed by atoms with Gasteiger partial charge in [0.2, 0.25) is 5.82 Å². The molecule has 12 N–H and O–H groups in total. The van der Waals surface area contributed by atoms with Gasteiger partial charge in [-0.3, -0.25) is 60.7 Å². The van der Waals surface area contributed by atoms with Crippen LogP contribution in [0.1, 0.15) is 120 Å². The predicted octanol–water partition coefficient (Wildman–Crippen LogP) is 26.5. The lowest BCUT2D eigenvalue weighted by Gasteiger charge is -2.03. The van der Waals surface area contributed by atoms with Crippen molar-refractivity contribution in [2.45, 2.75) is 68.0 Å². The Bertz CT molecular complexity index is 9200. The third-order valence-electron chi connectivity index (χ3n) is 21.7. The van der Waals surface area contributed by atoms with Crippen LogP contribution < -0.4 is 31.9 Å². The fraction of sp³-hybridized carbons (Fsp3) is 0.103. The zero-order chi connectivity index (χ0) is 103. The molecule has 0 saturated carbocycles. The number of hydrogen-bond donors (Lipinski definition) is 12. The van der Waals surface area contributed by atoms with Gasteiger partial charge in [-0.25, -0.2) is 49.2 Å². The number of carbonyl (C=O) groups excluding carboxylic acids is 6. The molecule has 12 aromatic heterocycles. The molecule has 12 heterocycles. The molecule has 0 atom stereocenters. The summed E-state index contributed by atoms with van der Waals surface area (Å²) in [6.45, 7) is 15.7. The fourth-order valence-corrected chi connectivity index (χ4v) is 22.2. The molecule has 0 unspecified atom stereocenters. The highest BCUT2D eigenvalue weighted by molar-refractivity contribution is 7.24. The number of aromatic nitrogens is 21. The quantitative estimate of drug-likeness (QED) is 0.0477. The van der Waals surface area contributed by atoms with Gasteiger partial charge in [-0.2, -0.15) is 59.4 Å². The molecular weight excluding hydrogens is 2120 g/mol. The number of carbonyl (C=O) groups is 6. The monoisotopic (exact) mass is 2180 g/mol. The molecule has 0 aliphatic heterocycles. The molecule has 732 valence electrons. The van der Waals surface area contributed by atoms with E-state index in [1.54, 1.807) is 61.5 Å². The minimum Gasteiger partial charge on any atom is -0.342 e. The first-order valence-electron chi connectivity index (χ1n) is 43.4. The van der Waals surface area contributed by atoms with Gasteiger partial charge in [-0.05, 0) is 227 Å². The number of nitrogens with zero attached hydrogens (tertiary/aromatic N) is 15. The van der Waals surface area contributed by atoms with Crippen molar-refractivity contribution >= 4 is 331 Å². The Labute approximate surface area is 872 Å². The third kappa shape index (κ3) is 22.2. The lowest BCUT2D eigenvalue weighted by atomic mass is 10.1. The SMILES string of the molecule is CCc1nc2c(C(=O)Nc3nc4ccc(C)cc4s3)cc(Cl)cc2[nH]1.Cc1cc(F)c2nc(NC(=O)c3cc(Cl)cc4n[nH]nc34)sc2c1.Cc1ccc2nc(NC(=O)c3cc(Cl)cc4[nH]c(C(F)(F)F)nc34)sc2c1.Cc1ccc2nc(NC(=O)c3cc(Cl)cc4[nH]c(C)nc34)sc2c1.Cc1ccc2nc(NC(=O)c3cc(Cl)cc4n[nH]nc34)sc2c1.Cc1ccc2nc(NC(=O)c3cc(Cl)cc4n[nH]nc34)sc2c1. The standard InChI is InChI=1S/C18H15ClN4OS.C17H10ClF3N4OS.C17H13ClN4OS.C15H9ClFN5OS.2C15H10ClN5OS/c1-3-15-20-13-8-10(19)7-11(16(13)22-15)17(24)23-18-21-12-5-4-9(2)6-14(12)25-18;1-7-2-3-10-12(4-7)27-16(23-10)25-14(26)9-5-8(18)6-11-13(9)24-15(22-11)17(19,20)21;1-8-3-4-12-14(5-8)24-17(21-12)22-16(23)11-6-10(18)7-13-15(11)20-9(2)19-13;1-6-2-9(17)13-11(3-6)24-15(18-13)19-14(23)8-4-7(16)5-10-12(8)21-22-20-10;2*1-7-2-3-10-12(4-7)23-15(17-10)18-14(22)9-5-8(16)6-11-13(9)20-21-19-11/h4-8H,3H2,1-2H3,(H,20,22)(H,21,23,24);2-6H,1H3,(H,22,24)(H,23,25,26);3-7H,1-2H3,(H,19,20)(H,21,22,23);2-5H,1H3,(H,18,19,23)(H,20,21,22);2*2-6H,1H3,(H,17,18,22)(H,19,20,21). The number of anilines is 6. The summed E-state index contributed by atoms with van der Waals surface area (Å²) in [6.07, 6.45) is -3.91.